The largest absolute Gasteiger partial charge is 0.489 e. The number of amides is 4. The van der Waals surface area contributed by atoms with Crippen molar-refractivity contribution in [3.05, 3.63) is 99.6 Å². The quantitative estimate of drug-likeness (QED) is 0.0943. The molecule has 4 aromatic rings. The van der Waals surface area contributed by atoms with Gasteiger partial charge in [0.25, 0.3) is 5.91 Å². The number of carbonyl (C=O) groups excluding carboxylic acids is 4. The van der Waals surface area contributed by atoms with Gasteiger partial charge in [-0.1, -0.05) is 84.3 Å². The van der Waals surface area contributed by atoms with E-state index in [-0.39, 0.29) is 59.3 Å². The molecule has 3 heterocycles. The highest BCUT2D eigenvalue weighted by Gasteiger charge is 2.64. The fourth-order valence-corrected chi connectivity index (χ4v) is 11.5. The van der Waals surface area contributed by atoms with Gasteiger partial charge in [0.1, 0.15) is 36.6 Å². The van der Waals surface area contributed by atoms with E-state index in [1.807, 2.05) is 88.7 Å². The number of halogens is 1. The molecule has 1 saturated carbocycles. The molecule has 1 unspecified atom stereocenters. The van der Waals surface area contributed by atoms with Gasteiger partial charge in [0.05, 0.1) is 39.3 Å². The van der Waals surface area contributed by atoms with Gasteiger partial charge in [0.2, 0.25) is 17.7 Å². The number of rotatable bonds is 16. The topological polar surface area (TPSA) is 169 Å². The minimum Gasteiger partial charge on any atom is -0.489 e. The maximum absolute atomic E-state index is 14.1. The number of nitrogens with zero attached hydrogens (tertiary/aromatic N) is 5. The molecule has 14 nitrogen and oxygen atoms in total. The number of likely N-dealkylation sites (tertiary alicyclic amines) is 1. The zero-order valence-electron chi connectivity index (χ0n) is 41.4. The Balaban J connectivity index is 0.822. The number of anilines is 1. The fourth-order valence-electron chi connectivity index (χ4n) is 10.4. The van der Waals surface area contributed by atoms with Crippen molar-refractivity contribution in [3.63, 3.8) is 0 Å². The first kappa shape index (κ1) is 51.3. The lowest BCUT2D eigenvalue weighted by atomic mass is 9.49. The Morgan fingerprint density at radius 1 is 0.942 bits per heavy atom. The summed E-state index contributed by atoms with van der Waals surface area (Å²) in [5.41, 5.74) is 5.54. The first-order valence-corrected chi connectivity index (χ1v) is 25.2. The molecule has 7 rings (SSSR count). The number of nitrogens with one attached hydrogen (secondary N) is 3. The SMILES string of the molecule is Cc1ncsc1-c1ccc([C@H](C)NC(=O)[C@@H]2CCCN2C(=O)C(NC(=O)COCCN2CCN(c3ccc(C(=O)NC4C(C)(C)C(Oc5ccc(C#N)c(Cl)c5)C4(C)C)cc3)CC2)C(C)(C)C)cc1. The molecule has 3 aromatic carbocycles. The van der Waals surface area contributed by atoms with E-state index in [0.717, 1.165) is 53.6 Å². The predicted octanol–water partition coefficient (Wildman–Crippen LogP) is 7.79. The van der Waals surface area contributed by atoms with E-state index in [4.69, 9.17) is 21.1 Å². The molecule has 3 fully saturated rings. The van der Waals surface area contributed by atoms with Gasteiger partial charge in [0.15, 0.2) is 0 Å². The number of ether oxygens (including phenoxy) is 2. The van der Waals surface area contributed by atoms with Gasteiger partial charge in [-0.25, -0.2) is 4.98 Å². The summed E-state index contributed by atoms with van der Waals surface area (Å²) in [4.78, 5) is 66.2. The minimum absolute atomic E-state index is 0.140. The van der Waals surface area contributed by atoms with Crippen LogP contribution in [0.5, 0.6) is 5.75 Å². The van der Waals surface area contributed by atoms with Crippen LogP contribution in [-0.2, 0) is 19.1 Å². The summed E-state index contributed by atoms with van der Waals surface area (Å²) >= 11 is 7.86. The van der Waals surface area contributed by atoms with Crippen molar-refractivity contribution < 1.29 is 28.7 Å². The molecule has 3 aliphatic rings. The highest BCUT2D eigenvalue weighted by atomic mass is 35.5. The van der Waals surface area contributed by atoms with Crippen molar-refractivity contribution in [2.75, 3.05) is 57.4 Å². The normalized spacial score (nSPS) is 20.8. The Kier molecular flexibility index (Phi) is 15.8. The van der Waals surface area contributed by atoms with Crippen LogP contribution in [0.25, 0.3) is 10.4 Å². The molecule has 69 heavy (non-hydrogen) atoms. The molecule has 368 valence electrons. The second-order valence-corrected chi connectivity index (χ2v) is 22.2. The van der Waals surface area contributed by atoms with Gasteiger partial charge in [-0.3, -0.25) is 24.1 Å². The third-order valence-electron chi connectivity index (χ3n) is 14.1. The van der Waals surface area contributed by atoms with E-state index < -0.39 is 17.5 Å². The molecule has 2 aliphatic heterocycles. The number of nitriles is 1. The highest BCUT2D eigenvalue weighted by molar-refractivity contribution is 7.13. The zero-order valence-corrected chi connectivity index (χ0v) is 42.9. The molecule has 1 aliphatic carbocycles. The molecule has 1 aromatic heterocycles. The van der Waals surface area contributed by atoms with Crippen molar-refractivity contribution in [2.24, 2.45) is 16.2 Å². The summed E-state index contributed by atoms with van der Waals surface area (Å²) in [5.74, 6) is -0.399. The van der Waals surface area contributed by atoms with Gasteiger partial charge >= 0.3 is 0 Å². The Hall–Kier alpha value is -5.53. The average Bonchev–Trinajstić information content (AvgIpc) is 4.00. The lowest BCUT2D eigenvalue weighted by Crippen LogP contribution is -2.74. The van der Waals surface area contributed by atoms with Gasteiger partial charge < -0.3 is 35.2 Å². The lowest BCUT2D eigenvalue weighted by Gasteiger charge is -2.63. The van der Waals surface area contributed by atoms with Crippen molar-refractivity contribution in [3.8, 4) is 22.3 Å². The molecular formula is C53H67ClN8O6S. The first-order valence-electron chi connectivity index (χ1n) is 23.9. The lowest BCUT2D eigenvalue weighted by molar-refractivity contribution is -0.164. The predicted molar refractivity (Wildman–Crippen MR) is 270 cm³/mol. The Bertz CT molecular complexity index is 2510. The van der Waals surface area contributed by atoms with Crippen molar-refractivity contribution in [2.45, 2.75) is 105 Å². The number of hydrogen-bond acceptors (Lipinski definition) is 11. The van der Waals surface area contributed by atoms with Crippen LogP contribution in [0, 0.1) is 34.5 Å². The van der Waals surface area contributed by atoms with Crippen LogP contribution < -0.4 is 25.6 Å². The minimum atomic E-state index is -0.837. The van der Waals surface area contributed by atoms with Gasteiger partial charge in [-0.05, 0) is 79.6 Å². The summed E-state index contributed by atoms with van der Waals surface area (Å²) in [7, 11) is 0. The molecule has 16 heteroatoms. The maximum Gasteiger partial charge on any atom is 0.251 e. The summed E-state index contributed by atoms with van der Waals surface area (Å²) < 4.78 is 12.2. The van der Waals surface area contributed by atoms with Crippen molar-refractivity contribution >= 4 is 52.3 Å². The van der Waals surface area contributed by atoms with E-state index in [0.29, 0.717) is 54.4 Å². The second kappa shape index (κ2) is 21.2. The van der Waals surface area contributed by atoms with Crippen LogP contribution >= 0.6 is 22.9 Å². The number of aryl methyl sites for hydroxylation is 1. The third-order valence-corrected chi connectivity index (χ3v) is 15.4. The number of benzene rings is 3. The molecule has 3 atom stereocenters. The second-order valence-electron chi connectivity index (χ2n) is 20.9. The maximum atomic E-state index is 14.1. The van der Waals surface area contributed by atoms with Crippen LogP contribution in [0.1, 0.15) is 101 Å². The molecular weight excluding hydrogens is 912 g/mol. The number of carbonyl (C=O) groups is 4. The van der Waals surface area contributed by atoms with Crippen LogP contribution in [0.15, 0.2) is 72.2 Å². The van der Waals surface area contributed by atoms with E-state index in [9.17, 15) is 24.4 Å². The van der Waals surface area contributed by atoms with Gasteiger partial charge in [0, 0.05) is 73.5 Å². The highest BCUT2D eigenvalue weighted by Crippen LogP contribution is 2.55. The standard InChI is InChI=1S/C53H67ClN8O6S/c1-33(35-12-14-36(15-13-35)44-34(2)56-32-69-44)57-47(65)42-11-10-22-62(42)48(66)45(51(3,4)5)58-43(63)31-67-28-27-60-23-25-61(26-24-60)39-19-16-37(17-20-39)46(64)59-49-52(6,7)50(53(49,8)9)68-40-21-18-38(30-55)41(54)29-40/h12-21,29,32-33,42,45,49-50H,10-11,22-28,31H2,1-9H3,(H,57,65)(H,58,63)(H,59,64)/t33-,42-,45?,49?,50?/m0/s1. The number of piperazine rings is 1. The van der Waals surface area contributed by atoms with Crippen LogP contribution in [-0.4, -0.2) is 115 Å². The molecule has 2 saturated heterocycles. The number of aromatic nitrogens is 1. The van der Waals surface area contributed by atoms with Crippen LogP contribution in [0.2, 0.25) is 5.02 Å². The third kappa shape index (κ3) is 11.6. The molecule has 4 amide bonds. The summed E-state index contributed by atoms with van der Waals surface area (Å²) in [6, 6.07) is 21.1. The van der Waals surface area contributed by atoms with Gasteiger partial charge in [-0.2, -0.15) is 5.26 Å². The van der Waals surface area contributed by atoms with Crippen LogP contribution in [0.4, 0.5) is 5.69 Å². The monoisotopic (exact) mass is 978 g/mol. The smallest absolute Gasteiger partial charge is 0.251 e. The van der Waals surface area contributed by atoms with Crippen molar-refractivity contribution in [1.29, 1.82) is 5.26 Å². The number of hydrogen-bond donors (Lipinski definition) is 3. The molecule has 0 spiro atoms. The van der Waals surface area contributed by atoms with Crippen LogP contribution in [0.3, 0.4) is 0 Å². The first-order chi connectivity index (χ1) is 32.7. The summed E-state index contributed by atoms with van der Waals surface area (Å²) in [6.07, 6.45) is 1.06. The molecule has 3 N–H and O–H groups in total. The Labute approximate surface area is 416 Å². The molecule has 0 bridgehead atoms. The van der Waals surface area contributed by atoms with E-state index in [2.05, 4.69) is 64.5 Å². The zero-order chi connectivity index (χ0) is 49.8. The molecule has 0 radical (unpaired) electrons. The van der Waals surface area contributed by atoms with E-state index >= 15 is 0 Å². The number of thiazole rings is 1. The van der Waals surface area contributed by atoms with E-state index in [1.54, 1.807) is 34.4 Å². The van der Waals surface area contributed by atoms with Crippen molar-refractivity contribution in [1.82, 2.24) is 30.7 Å². The van der Waals surface area contributed by atoms with E-state index in [1.165, 1.54) is 0 Å². The van der Waals surface area contributed by atoms with Gasteiger partial charge in [-0.15, -0.1) is 11.3 Å². The summed E-state index contributed by atoms with van der Waals surface area (Å²) in [5, 5.41) is 18.9. The fraction of sp³-hybridized carbons (Fsp3) is 0.509. The Morgan fingerprint density at radius 2 is 1.62 bits per heavy atom. The Morgan fingerprint density at radius 3 is 2.23 bits per heavy atom. The average molecular weight is 980 g/mol. The summed E-state index contributed by atoms with van der Waals surface area (Å²) in [6.45, 7) is 22.5.